The van der Waals surface area contributed by atoms with Crippen LogP contribution in [0.3, 0.4) is 0 Å². The fourth-order valence-electron chi connectivity index (χ4n) is 0.836. The van der Waals surface area contributed by atoms with Crippen molar-refractivity contribution in [2.75, 3.05) is 5.73 Å². The summed E-state index contributed by atoms with van der Waals surface area (Å²) in [7, 11) is 0. The zero-order valence-corrected chi connectivity index (χ0v) is 5.65. The first-order chi connectivity index (χ1) is 5.36. The first kappa shape index (κ1) is 6.03. The second-order valence-electron chi connectivity index (χ2n) is 2.13. The minimum absolute atomic E-state index is 0.307. The van der Waals surface area contributed by atoms with Crippen molar-refractivity contribution in [3.8, 4) is 11.3 Å². The third-order valence-corrected chi connectivity index (χ3v) is 1.35. The maximum Gasteiger partial charge on any atom is 0.222 e. The fraction of sp³-hybridized carbons (Fsp3) is 0. The first-order valence-corrected chi connectivity index (χ1v) is 3.11. The predicted octanol–water partition coefficient (Wildman–Crippen LogP) is 1.52. The number of furan rings is 1. The van der Waals surface area contributed by atoms with Gasteiger partial charge in [0, 0.05) is 11.6 Å². The molecule has 0 amide bonds. The molecule has 2 N–H and O–H groups in total. The molecule has 56 valence electrons. The van der Waals surface area contributed by atoms with E-state index >= 15 is 0 Å². The van der Waals surface area contributed by atoms with E-state index in [4.69, 9.17) is 10.2 Å². The van der Waals surface area contributed by atoms with Crippen LogP contribution < -0.4 is 5.73 Å². The lowest BCUT2D eigenvalue weighted by Crippen LogP contribution is -1.75. The highest BCUT2D eigenvalue weighted by Gasteiger charge is 2.03. The predicted molar refractivity (Wildman–Crippen MR) is 38.6 cm³/mol. The van der Waals surface area contributed by atoms with Gasteiger partial charge in [0.1, 0.15) is 5.69 Å². The van der Waals surface area contributed by atoms with E-state index < -0.39 is 0 Å². The number of hydrogen-bond acceptors (Lipinski definition) is 4. The highest BCUT2D eigenvalue weighted by atomic mass is 16.5. The van der Waals surface area contributed by atoms with E-state index in [2.05, 4.69) is 9.68 Å². The molecule has 0 aliphatic carbocycles. The van der Waals surface area contributed by atoms with E-state index in [0.29, 0.717) is 11.6 Å². The van der Waals surface area contributed by atoms with E-state index in [9.17, 15) is 0 Å². The van der Waals surface area contributed by atoms with Gasteiger partial charge in [-0.1, -0.05) is 5.16 Å². The summed E-state index contributed by atoms with van der Waals surface area (Å²) in [4.78, 5) is 0. The molecule has 11 heavy (non-hydrogen) atoms. The van der Waals surface area contributed by atoms with E-state index in [-0.39, 0.29) is 0 Å². The lowest BCUT2D eigenvalue weighted by molar-refractivity contribution is 0.439. The molecule has 2 heterocycles. The van der Waals surface area contributed by atoms with Crippen LogP contribution in [-0.4, -0.2) is 5.16 Å². The highest BCUT2D eigenvalue weighted by molar-refractivity contribution is 5.59. The Bertz CT molecular complexity index is 337. The minimum Gasteiger partial charge on any atom is -0.472 e. The van der Waals surface area contributed by atoms with Gasteiger partial charge in [-0.15, -0.1) is 0 Å². The Labute approximate surface area is 62.6 Å². The Hall–Kier alpha value is -1.71. The van der Waals surface area contributed by atoms with E-state index in [1.807, 2.05) is 0 Å². The molecule has 4 nitrogen and oxygen atoms in total. The quantitative estimate of drug-likeness (QED) is 0.669. The van der Waals surface area contributed by atoms with Crippen LogP contribution in [0.4, 0.5) is 5.88 Å². The van der Waals surface area contributed by atoms with Gasteiger partial charge in [0.05, 0.1) is 12.5 Å². The van der Waals surface area contributed by atoms with Crippen LogP contribution in [0.2, 0.25) is 0 Å². The molecule has 0 atom stereocenters. The van der Waals surface area contributed by atoms with Crippen LogP contribution in [0.25, 0.3) is 11.3 Å². The molecular formula is C7H6N2O2. The van der Waals surface area contributed by atoms with Gasteiger partial charge in [0.25, 0.3) is 0 Å². The van der Waals surface area contributed by atoms with Crippen LogP contribution in [0, 0.1) is 0 Å². The van der Waals surface area contributed by atoms with Gasteiger partial charge in [-0.05, 0) is 6.07 Å². The number of hydrogen-bond donors (Lipinski definition) is 1. The van der Waals surface area contributed by atoms with E-state index in [1.165, 1.54) is 0 Å². The minimum atomic E-state index is 0.307. The van der Waals surface area contributed by atoms with Crippen LogP contribution in [0.1, 0.15) is 0 Å². The van der Waals surface area contributed by atoms with Gasteiger partial charge in [-0.3, -0.25) is 0 Å². The van der Waals surface area contributed by atoms with E-state index in [0.717, 1.165) is 5.56 Å². The molecule has 2 aromatic rings. The summed E-state index contributed by atoms with van der Waals surface area (Å²) < 4.78 is 9.53. The second-order valence-corrected chi connectivity index (χ2v) is 2.13. The van der Waals surface area contributed by atoms with Gasteiger partial charge >= 0.3 is 0 Å². The fourth-order valence-corrected chi connectivity index (χ4v) is 0.836. The Morgan fingerprint density at radius 2 is 2.36 bits per heavy atom. The summed E-state index contributed by atoms with van der Waals surface area (Å²) >= 11 is 0. The third-order valence-electron chi connectivity index (χ3n) is 1.35. The number of nitrogens with two attached hydrogens (primary N) is 1. The SMILES string of the molecule is Nc1cc(-c2ccoc2)no1. The summed E-state index contributed by atoms with van der Waals surface area (Å²) in [5.41, 5.74) is 6.88. The van der Waals surface area contributed by atoms with Crippen molar-refractivity contribution in [2.24, 2.45) is 0 Å². The molecule has 0 fully saturated rings. The molecule has 0 saturated carbocycles. The van der Waals surface area contributed by atoms with Gasteiger partial charge in [-0.25, -0.2) is 0 Å². The van der Waals surface area contributed by atoms with Crippen molar-refractivity contribution < 1.29 is 8.94 Å². The monoisotopic (exact) mass is 150 g/mol. The topological polar surface area (TPSA) is 65.2 Å². The summed E-state index contributed by atoms with van der Waals surface area (Å²) in [5.74, 6) is 0.307. The number of anilines is 1. The van der Waals surface area contributed by atoms with Crippen LogP contribution >= 0.6 is 0 Å². The number of nitrogens with zero attached hydrogens (tertiary/aromatic N) is 1. The largest absolute Gasteiger partial charge is 0.472 e. The number of nitrogen functional groups attached to an aromatic ring is 1. The van der Waals surface area contributed by atoms with Crippen molar-refractivity contribution in [3.05, 3.63) is 24.7 Å². The molecule has 2 aromatic heterocycles. The number of aromatic nitrogens is 1. The van der Waals surface area contributed by atoms with Gasteiger partial charge in [0.15, 0.2) is 0 Å². The summed E-state index contributed by atoms with van der Waals surface area (Å²) in [5, 5.41) is 3.70. The third kappa shape index (κ3) is 0.980. The van der Waals surface area contributed by atoms with Gasteiger partial charge in [0.2, 0.25) is 5.88 Å². The molecule has 0 aromatic carbocycles. The Kier molecular flexibility index (Phi) is 1.18. The van der Waals surface area contributed by atoms with Gasteiger partial charge < -0.3 is 14.7 Å². The zero-order chi connectivity index (χ0) is 7.68. The first-order valence-electron chi connectivity index (χ1n) is 3.11. The maximum atomic E-state index is 5.32. The van der Waals surface area contributed by atoms with Crippen molar-refractivity contribution >= 4 is 5.88 Å². The lowest BCUT2D eigenvalue weighted by Gasteiger charge is -1.80. The molecule has 0 spiro atoms. The average molecular weight is 150 g/mol. The molecule has 0 saturated heterocycles. The molecule has 0 aliphatic rings. The molecule has 0 unspecified atom stereocenters. The zero-order valence-electron chi connectivity index (χ0n) is 5.65. The van der Waals surface area contributed by atoms with Crippen LogP contribution in [0.15, 0.2) is 33.6 Å². The molecule has 0 radical (unpaired) electrons. The van der Waals surface area contributed by atoms with Crippen molar-refractivity contribution in [1.29, 1.82) is 0 Å². The molecule has 2 rings (SSSR count). The molecule has 0 aliphatic heterocycles. The highest BCUT2D eigenvalue weighted by Crippen LogP contribution is 2.19. The molecular weight excluding hydrogens is 144 g/mol. The van der Waals surface area contributed by atoms with Crippen LogP contribution in [-0.2, 0) is 0 Å². The standard InChI is InChI=1S/C7H6N2O2/c8-7-3-6(9-11-7)5-1-2-10-4-5/h1-4H,8H2. The van der Waals surface area contributed by atoms with E-state index in [1.54, 1.807) is 24.7 Å². The summed E-state index contributed by atoms with van der Waals surface area (Å²) in [6.07, 6.45) is 3.15. The normalized spacial score (nSPS) is 10.2. The summed E-state index contributed by atoms with van der Waals surface area (Å²) in [6, 6.07) is 3.43. The number of rotatable bonds is 1. The molecule has 4 heteroatoms. The van der Waals surface area contributed by atoms with Crippen molar-refractivity contribution in [1.82, 2.24) is 5.16 Å². The smallest absolute Gasteiger partial charge is 0.222 e. The van der Waals surface area contributed by atoms with Crippen LogP contribution in [0.5, 0.6) is 0 Å². The summed E-state index contributed by atoms with van der Waals surface area (Å²) in [6.45, 7) is 0. The lowest BCUT2D eigenvalue weighted by atomic mass is 10.2. The average Bonchev–Trinajstić information content (AvgIpc) is 2.55. The molecule has 0 bridgehead atoms. The Morgan fingerprint density at radius 1 is 1.45 bits per heavy atom. The van der Waals surface area contributed by atoms with Gasteiger partial charge in [-0.2, -0.15) is 0 Å². The maximum absolute atomic E-state index is 5.32. The van der Waals surface area contributed by atoms with Crippen molar-refractivity contribution in [2.45, 2.75) is 0 Å². The Morgan fingerprint density at radius 3 is 2.91 bits per heavy atom. The van der Waals surface area contributed by atoms with Crippen molar-refractivity contribution in [3.63, 3.8) is 0 Å². The Balaban J connectivity index is 2.45. The second kappa shape index (κ2) is 2.16.